The first kappa shape index (κ1) is 16.9. The first-order chi connectivity index (χ1) is 10.2. The third kappa shape index (κ3) is 3.48. The zero-order valence-corrected chi connectivity index (χ0v) is 11.5. The Bertz CT molecular complexity index is 649. The highest BCUT2D eigenvalue weighted by atomic mass is 16.6. The summed E-state index contributed by atoms with van der Waals surface area (Å²) in [5.41, 5.74) is -1.90. The molecule has 0 aliphatic carbocycles. The lowest BCUT2D eigenvalue weighted by Gasteiger charge is -2.10. The van der Waals surface area contributed by atoms with Crippen molar-refractivity contribution >= 4 is 28.9 Å². The average Bonchev–Trinajstić information content (AvgIpc) is 2.45. The van der Waals surface area contributed by atoms with Crippen LogP contribution in [0.4, 0.5) is 11.4 Å². The third-order valence-corrected chi connectivity index (χ3v) is 2.71. The van der Waals surface area contributed by atoms with Crippen molar-refractivity contribution in [2.75, 3.05) is 7.11 Å². The van der Waals surface area contributed by atoms with Crippen LogP contribution in [-0.2, 0) is 14.3 Å². The van der Waals surface area contributed by atoms with Gasteiger partial charge in [-0.25, -0.2) is 0 Å². The monoisotopic (exact) mass is 310 g/mol. The molecule has 0 aromatic heterocycles. The quantitative estimate of drug-likeness (QED) is 0.249. The van der Waals surface area contributed by atoms with Crippen LogP contribution in [0.3, 0.4) is 0 Å². The van der Waals surface area contributed by atoms with Gasteiger partial charge < -0.3 is 4.74 Å². The van der Waals surface area contributed by atoms with Gasteiger partial charge in [-0.3, -0.25) is 34.6 Å². The van der Waals surface area contributed by atoms with Gasteiger partial charge in [0.15, 0.2) is 17.5 Å². The molecule has 10 heteroatoms. The van der Waals surface area contributed by atoms with Gasteiger partial charge in [-0.15, -0.1) is 0 Å². The molecule has 0 radical (unpaired) electrons. The number of Topliss-reactive ketones (excluding diaryl/α,β-unsaturated/α-hetero) is 2. The molecule has 0 spiro atoms. The average molecular weight is 310 g/mol. The molecular weight excluding hydrogens is 300 g/mol. The van der Waals surface area contributed by atoms with E-state index in [9.17, 15) is 34.6 Å². The lowest BCUT2D eigenvalue weighted by molar-refractivity contribution is -0.394. The zero-order valence-electron chi connectivity index (χ0n) is 11.5. The predicted octanol–water partition coefficient (Wildman–Crippen LogP) is 1.06. The van der Waals surface area contributed by atoms with Gasteiger partial charge in [0.2, 0.25) is 0 Å². The highest BCUT2D eigenvalue weighted by Gasteiger charge is 2.34. The number of methoxy groups -OCH3 is 1. The van der Waals surface area contributed by atoms with E-state index in [-0.39, 0.29) is 0 Å². The van der Waals surface area contributed by atoms with Gasteiger partial charge in [-0.1, -0.05) is 0 Å². The Morgan fingerprint density at radius 3 is 1.82 bits per heavy atom. The van der Waals surface area contributed by atoms with Gasteiger partial charge >= 0.3 is 5.97 Å². The lowest BCUT2D eigenvalue weighted by atomic mass is 9.94. The topological polar surface area (TPSA) is 147 Å². The number of ketones is 2. The van der Waals surface area contributed by atoms with Crippen LogP contribution in [0.2, 0.25) is 0 Å². The number of nitro groups is 2. The SMILES string of the molecule is COC(=O)C(C(C)=O)C(=O)c1cc([N+](=O)[O-])cc([N+](=O)[O-])c1. The molecule has 1 unspecified atom stereocenters. The summed E-state index contributed by atoms with van der Waals surface area (Å²) in [6, 6.07) is 2.18. The van der Waals surface area contributed by atoms with Crippen molar-refractivity contribution < 1.29 is 29.0 Å². The predicted molar refractivity (Wildman–Crippen MR) is 70.3 cm³/mol. The van der Waals surface area contributed by atoms with Gasteiger partial charge in [-0.2, -0.15) is 0 Å². The Hall–Kier alpha value is -3.17. The molecule has 0 saturated carbocycles. The Labute approximate surface area is 123 Å². The fraction of sp³-hybridized carbons (Fsp3) is 0.250. The number of benzene rings is 1. The van der Waals surface area contributed by atoms with Crippen molar-refractivity contribution in [2.45, 2.75) is 6.92 Å². The number of non-ortho nitro benzene ring substituents is 2. The molecule has 1 aromatic carbocycles. The van der Waals surface area contributed by atoms with Crippen LogP contribution in [0.15, 0.2) is 18.2 Å². The molecule has 0 saturated heterocycles. The zero-order chi connectivity index (χ0) is 17.0. The van der Waals surface area contributed by atoms with Gasteiger partial charge in [0.05, 0.1) is 23.0 Å². The van der Waals surface area contributed by atoms with E-state index in [1.165, 1.54) is 0 Å². The molecule has 1 rings (SSSR count). The van der Waals surface area contributed by atoms with E-state index >= 15 is 0 Å². The molecule has 0 aliphatic heterocycles. The van der Waals surface area contributed by atoms with Crippen molar-refractivity contribution in [3.63, 3.8) is 0 Å². The summed E-state index contributed by atoms with van der Waals surface area (Å²) in [6.45, 7) is 0.964. The number of carbonyl (C=O) groups excluding carboxylic acids is 3. The van der Waals surface area contributed by atoms with Crippen LogP contribution < -0.4 is 0 Å². The summed E-state index contributed by atoms with van der Waals surface area (Å²) in [6.07, 6.45) is 0. The minimum absolute atomic E-state index is 0.494. The Morgan fingerprint density at radius 2 is 1.50 bits per heavy atom. The van der Waals surface area contributed by atoms with Crippen molar-refractivity contribution in [3.8, 4) is 0 Å². The summed E-state index contributed by atoms with van der Waals surface area (Å²) < 4.78 is 4.32. The molecular formula is C12H10N2O8. The minimum atomic E-state index is -1.83. The summed E-state index contributed by atoms with van der Waals surface area (Å²) in [7, 11) is 0.960. The van der Waals surface area contributed by atoms with Crippen LogP contribution in [-0.4, -0.2) is 34.5 Å². The van der Waals surface area contributed by atoms with Crippen molar-refractivity contribution in [1.29, 1.82) is 0 Å². The highest BCUT2D eigenvalue weighted by Crippen LogP contribution is 2.25. The molecule has 10 nitrogen and oxygen atoms in total. The Kier molecular flexibility index (Phi) is 5.00. The Morgan fingerprint density at radius 1 is 1.05 bits per heavy atom. The summed E-state index contributed by atoms with van der Waals surface area (Å²) >= 11 is 0. The second-order valence-electron chi connectivity index (χ2n) is 4.18. The first-order valence-electron chi connectivity index (χ1n) is 5.75. The van der Waals surface area contributed by atoms with E-state index in [0.717, 1.165) is 26.2 Å². The maximum Gasteiger partial charge on any atom is 0.324 e. The summed E-state index contributed by atoms with van der Waals surface area (Å²) in [4.78, 5) is 54.7. The van der Waals surface area contributed by atoms with Crippen molar-refractivity contribution in [3.05, 3.63) is 44.0 Å². The van der Waals surface area contributed by atoms with E-state index in [0.29, 0.717) is 6.07 Å². The van der Waals surface area contributed by atoms with Gasteiger partial charge in [-0.05, 0) is 6.92 Å². The molecule has 0 N–H and O–H groups in total. The van der Waals surface area contributed by atoms with Crippen molar-refractivity contribution in [2.24, 2.45) is 5.92 Å². The van der Waals surface area contributed by atoms with Crippen LogP contribution in [0, 0.1) is 26.1 Å². The van der Waals surface area contributed by atoms with E-state index in [2.05, 4.69) is 4.74 Å². The standard InChI is InChI=1S/C12H10N2O8/c1-6(15)10(12(17)22-2)11(16)7-3-8(13(18)19)5-9(4-7)14(20)21/h3-5,10H,1-2H3. The van der Waals surface area contributed by atoms with Crippen molar-refractivity contribution in [1.82, 2.24) is 0 Å². The molecule has 1 atom stereocenters. The van der Waals surface area contributed by atoms with Gasteiger partial charge in [0.1, 0.15) is 0 Å². The largest absolute Gasteiger partial charge is 0.468 e. The normalized spacial score (nSPS) is 11.4. The van der Waals surface area contributed by atoms with Gasteiger partial charge in [0.25, 0.3) is 11.4 Å². The maximum atomic E-state index is 12.2. The smallest absolute Gasteiger partial charge is 0.324 e. The number of ether oxygens (including phenoxy) is 1. The fourth-order valence-corrected chi connectivity index (χ4v) is 1.69. The molecule has 0 aliphatic rings. The molecule has 0 amide bonds. The van der Waals surface area contributed by atoms with E-state index in [1.807, 2.05) is 0 Å². The molecule has 116 valence electrons. The summed E-state index contributed by atoms with van der Waals surface area (Å²) in [5.74, 6) is -4.92. The number of carbonyl (C=O) groups is 3. The summed E-state index contributed by atoms with van der Waals surface area (Å²) in [5, 5.41) is 21.5. The number of esters is 1. The van der Waals surface area contributed by atoms with Crippen LogP contribution >= 0.6 is 0 Å². The second kappa shape index (κ2) is 6.52. The highest BCUT2D eigenvalue weighted by molar-refractivity contribution is 6.22. The lowest BCUT2D eigenvalue weighted by Crippen LogP contribution is -2.31. The number of nitro benzene ring substituents is 2. The van der Waals surface area contributed by atoms with E-state index in [1.54, 1.807) is 0 Å². The number of rotatable bonds is 6. The van der Waals surface area contributed by atoms with Crippen LogP contribution in [0.25, 0.3) is 0 Å². The van der Waals surface area contributed by atoms with Crippen LogP contribution in [0.5, 0.6) is 0 Å². The fourth-order valence-electron chi connectivity index (χ4n) is 1.69. The molecule has 22 heavy (non-hydrogen) atoms. The first-order valence-corrected chi connectivity index (χ1v) is 5.75. The van der Waals surface area contributed by atoms with Crippen LogP contribution in [0.1, 0.15) is 17.3 Å². The minimum Gasteiger partial charge on any atom is -0.468 e. The molecule has 0 bridgehead atoms. The second-order valence-corrected chi connectivity index (χ2v) is 4.18. The van der Waals surface area contributed by atoms with Gasteiger partial charge in [0, 0.05) is 17.7 Å². The molecule has 0 heterocycles. The number of hydrogen-bond donors (Lipinski definition) is 0. The third-order valence-electron chi connectivity index (χ3n) is 2.71. The van der Waals surface area contributed by atoms with E-state index < -0.39 is 50.2 Å². The molecule has 1 aromatic rings. The van der Waals surface area contributed by atoms with E-state index in [4.69, 9.17) is 0 Å². The maximum absolute atomic E-state index is 12.2. The number of nitrogens with zero attached hydrogens (tertiary/aromatic N) is 2. The Balaban J connectivity index is 3.43. The molecule has 0 fully saturated rings. The number of hydrogen-bond acceptors (Lipinski definition) is 8.